The number of hydrogen-bond acceptors (Lipinski definition) is 0. The van der Waals surface area contributed by atoms with Gasteiger partial charge in [0.15, 0.2) is 0 Å². The number of hydrogen-bond donors (Lipinski definition) is 0. The maximum absolute atomic E-state index is 2.50. The lowest BCUT2D eigenvalue weighted by molar-refractivity contribution is 1.15. The van der Waals surface area contributed by atoms with Crippen LogP contribution in [-0.2, 0) is 0 Å². The largest absolute Gasteiger partial charge is 0.307 e. The van der Waals surface area contributed by atoms with Crippen LogP contribution in [0.2, 0.25) is 0 Å². The second-order valence-corrected chi connectivity index (χ2v) is 11.3. The van der Waals surface area contributed by atoms with Crippen molar-refractivity contribution in [1.29, 1.82) is 0 Å². The highest BCUT2D eigenvalue weighted by molar-refractivity contribution is 6.24. The summed E-state index contributed by atoms with van der Waals surface area (Å²) in [6.45, 7) is 0. The molecule has 0 unspecified atom stereocenters. The van der Waals surface area contributed by atoms with E-state index in [2.05, 4.69) is 179 Å². The highest BCUT2D eigenvalue weighted by atomic mass is 15.0. The fraction of sp³-hybridized carbons (Fsp3) is 0. The van der Waals surface area contributed by atoms with Crippen LogP contribution < -0.4 is 0 Å². The highest BCUT2D eigenvalue weighted by Gasteiger charge is 2.23. The van der Waals surface area contributed by atoms with Crippen molar-refractivity contribution in [3.8, 4) is 33.6 Å². The second-order valence-electron chi connectivity index (χ2n) is 11.3. The number of rotatable bonds is 4. The van der Waals surface area contributed by atoms with E-state index in [4.69, 9.17) is 0 Å². The molecule has 0 N–H and O–H groups in total. The summed E-state index contributed by atoms with van der Waals surface area (Å²) < 4.78 is 4.99. The third-order valence-corrected chi connectivity index (χ3v) is 8.93. The van der Waals surface area contributed by atoms with Gasteiger partial charge in [-0.25, -0.2) is 0 Å². The van der Waals surface area contributed by atoms with Gasteiger partial charge in [-0.15, -0.1) is 0 Å². The maximum atomic E-state index is 2.50. The van der Waals surface area contributed by atoms with Crippen molar-refractivity contribution in [1.82, 2.24) is 9.13 Å². The molecular weight excluding hydrogens is 532 g/mol. The van der Waals surface area contributed by atoms with E-state index < -0.39 is 0 Å². The Bertz CT molecular complexity index is 2300. The summed E-state index contributed by atoms with van der Waals surface area (Å²) >= 11 is 0. The monoisotopic (exact) mass is 560 g/mol. The molecule has 2 nitrogen and oxygen atoms in total. The number of benzene rings is 7. The van der Waals surface area contributed by atoms with Gasteiger partial charge in [0.25, 0.3) is 0 Å². The zero-order valence-electron chi connectivity index (χ0n) is 24.1. The number of aromatic nitrogens is 2. The molecule has 9 aromatic rings. The van der Waals surface area contributed by atoms with Gasteiger partial charge in [-0.1, -0.05) is 146 Å². The van der Waals surface area contributed by atoms with Crippen LogP contribution in [0, 0.1) is 0 Å². The molecule has 0 aliphatic rings. The summed E-state index contributed by atoms with van der Waals surface area (Å²) in [4.78, 5) is 0. The van der Waals surface area contributed by atoms with Crippen molar-refractivity contribution in [2.45, 2.75) is 0 Å². The van der Waals surface area contributed by atoms with E-state index in [9.17, 15) is 0 Å². The Balaban J connectivity index is 1.51. The van der Waals surface area contributed by atoms with E-state index in [0.29, 0.717) is 0 Å². The number of fused-ring (bicyclic) bond motifs is 7. The quantitative estimate of drug-likeness (QED) is 0.203. The van der Waals surface area contributed by atoms with Crippen LogP contribution in [0.3, 0.4) is 0 Å². The number of para-hydroxylation sites is 4. The van der Waals surface area contributed by atoms with E-state index >= 15 is 0 Å². The van der Waals surface area contributed by atoms with Crippen LogP contribution in [0.25, 0.3) is 77.2 Å². The molecule has 0 fully saturated rings. The standard InChI is InChI=1S/C42H28N2/c1-3-15-29(16-4-1)31-19-7-11-23-37(31)43-39-25-13-9-21-33(39)35-27-28-36-34-22-10-14-26-40(34)44(42(36)41(35)43)38-24-12-8-20-32(38)30-17-5-2-6-18-30/h1-28H. The van der Waals surface area contributed by atoms with E-state index in [1.54, 1.807) is 0 Å². The molecule has 2 heterocycles. The Morgan fingerprint density at radius 2 is 0.636 bits per heavy atom. The van der Waals surface area contributed by atoms with Crippen LogP contribution in [-0.4, -0.2) is 9.13 Å². The van der Waals surface area contributed by atoms with Crippen molar-refractivity contribution >= 4 is 43.6 Å². The SMILES string of the molecule is c1ccc(-c2ccccc2-n2c3ccccc3c3ccc4c5ccccc5n(-c5ccccc5-c5ccccc5)c4c32)cc1. The molecule has 0 bridgehead atoms. The van der Waals surface area contributed by atoms with Crippen molar-refractivity contribution < 1.29 is 0 Å². The summed E-state index contributed by atoms with van der Waals surface area (Å²) in [5, 5.41) is 5.00. The molecule has 0 atom stereocenters. The van der Waals surface area contributed by atoms with E-state index in [-0.39, 0.29) is 0 Å². The highest BCUT2D eigenvalue weighted by Crippen LogP contribution is 2.44. The Kier molecular flexibility index (Phi) is 5.54. The van der Waals surface area contributed by atoms with E-state index in [1.165, 1.54) is 77.2 Å². The fourth-order valence-corrected chi connectivity index (χ4v) is 7.06. The minimum atomic E-state index is 1.17. The zero-order valence-corrected chi connectivity index (χ0v) is 24.1. The molecule has 2 heteroatoms. The number of nitrogens with zero attached hydrogens (tertiary/aromatic N) is 2. The summed E-state index contributed by atoms with van der Waals surface area (Å²) in [6, 6.07) is 61.3. The van der Waals surface area contributed by atoms with Crippen molar-refractivity contribution in [2.24, 2.45) is 0 Å². The smallest absolute Gasteiger partial charge is 0.0789 e. The molecular formula is C42H28N2. The van der Waals surface area contributed by atoms with E-state index in [0.717, 1.165) is 0 Å². The van der Waals surface area contributed by atoms with Gasteiger partial charge in [0.2, 0.25) is 0 Å². The van der Waals surface area contributed by atoms with Crippen molar-refractivity contribution in [3.63, 3.8) is 0 Å². The zero-order chi connectivity index (χ0) is 29.0. The summed E-state index contributed by atoms with van der Waals surface area (Å²) in [5.74, 6) is 0. The van der Waals surface area contributed by atoms with Crippen LogP contribution in [0.15, 0.2) is 170 Å². The van der Waals surface area contributed by atoms with Gasteiger partial charge in [0.05, 0.1) is 33.4 Å². The molecule has 0 saturated carbocycles. The molecule has 7 aromatic carbocycles. The second kappa shape index (κ2) is 9.86. The molecule has 206 valence electrons. The summed E-state index contributed by atoms with van der Waals surface area (Å²) in [6.07, 6.45) is 0. The van der Waals surface area contributed by atoms with Gasteiger partial charge in [0.1, 0.15) is 0 Å². The minimum Gasteiger partial charge on any atom is -0.307 e. The molecule has 0 aliphatic heterocycles. The molecule has 44 heavy (non-hydrogen) atoms. The van der Waals surface area contributed by atoms with Gasteiger partial charge in [-0.3, -0.25) is 0 Å². The Labute approximate surface area is 255 Å². The van der Waals surface area contributed by atoms with Gasteiger partial charge >= 0.3 is 0 Å². The van der Waals surface area contributed by atoms with Crippen LogP contribution in [0.4, 0.5) is 0 Å². The molecule has 2 aromatic heterocycles. The first-order valence-electron chi connectivity index (χ1n) is 15.1. The average Bonchev–Trinajstić information content (AvgIpc) is 3.62. The van der Waals surface area contributed by atoms with Gasteiger partial charge < -0.3 is 9.13 Å². The fourth-order valence-electron chi connectivity index (χ4n) is 7.06. The van der Waals surface area contributed by atoms with Crippen LogP contribution in [0.5, 0.6) is 0 Å². The maximum Gasteiger partial charge on any atom is 0.0789 e. The summed E-state index contributed by atoms with van der Waals surface area (Å²) in [7, 11) is 0. The Hall–Kier alpha value is -5.86. The molecule has 0 spiro atoms. The summed E-state index contributed by atoms with van der Waals surface area (Å²) in [5.41, 5.74) is 12.0. The third-order valence-electron chi connectivity index (χ3n) is 8.93. The first-order chi connectivity index (χ1) is 21.9. The topological polar surface area (TPSA) is 9.86 Å². The van der Waals surface area contributed by atoms with Crippen molar-refractivity contribution in [3.05, 3.63) is 170 Å². The Morgan fingerprint density at radius 3 is 1.09 bits per heavy atom. The lowest BCUT2D eigenvalue weighted by Crippen LogP contribution is -2.01. The van der Waals surface area contributed by atoms with Crippen molar-refractivity contribution in [2.75, 3.05) is 0 Å². The minimum absolute atomic E-state index is 1.17. The van der Waals surface area contributed by atoms with Gasteiger partial charge in [-0.05, 0) is 35.4 Å². The average molecular weight is 561 g/mol. The molecule has 0 aliphatic carbocycles. The molecule has 0 radical (unpaired) electrons. The molecule has 0 saturated heterocycles. The normalized spacial score (nSPS) is 11.6. The predicted octanol–water partition coefficient (Wildman–Crippen LogP) is 11.2. The first-order valence-corrected chi connectivity index (χ1v) is 15.1. The predicted molar refractivity (Wildman–Crippen MR) is 186 cm³/mol. The lowest BCUT2D eigenvalue weighted by Gasteiger charge is -2.17. The lowest BCUT2D eigenvalue weighted by atomic mass is 10.0. The van der Waals surface area contributed by atoms with Crippen LogP contribution >= 0.6 is 0 Å². The van der Waals surface area contributed by atoms with Gasteiger partial charge in [-0.2, -0.15) is 0 Å². The molecule has 0 amide bonds. The van der Waals surface area contributed by atoms with E-state index in [1.807, 2.05) is 0 Å². The Morgan fingerprint density at radius 1 is 0.273 bits per heavy atom. The first kappa shape index (κ1) is 24.7. The third kappa shape index (κ3) is 3.61. The van der Waals surface area contributed by atoms with Crippen LogP contribution in [0.1, 0.15) is 0 Å². The van der Waals surface area contributed by atoms with Gasteiger partial charge in [0, 0.05) is 32.7 Å². The molecule has 9 rings (SSSR count).